The number of hydrogen-bond acceptors (Lipinski definition) is 2. The van der Waals surface area contributed by atoms with E-state index in [1.165, 1.54) is 19.3 Å². The molecule has 0 aromatic rings. The summed E-state index contributed by atoms with van der Waals surface area (Å²) in [6.45, 7) is 3.73. The Kier molecular flexibility index (Phi) is 3.87. The molecule has 0 bridgehead atoms. The third-order valence-electron chi connectivity index (χ3n) is 2.01. The van der Waals surface area contributed by atoms with Crippen molar-refractivity contribution in [3.63, 3.8) is 0 Å². The van der Waals surface area contributed by atoms with E-state index in [1.807, 2.05) is 0 Å². The summed E-state index contributed by atoms with van der Waals surface area (Å²) in [6, 6.07) is 0.286. The first-order valence-electron chi connectivity index (χ1n) is 4.66. The summed E-state index contributed by atoms with van der Waals surface area (Å²) in [6.07, 6.45) is 5.04. The Bertz CT molecular complexity index is 102. The summed E-state index contributed by atoms with van der Waals surface area (Å²) in [4.78, 5) is 0. The van der Waals surface area contributed by atoms with E-state index in [0.717, 1.165) is 25.6 Å². The molecule has 0 heterocycles. The third kappa shape index (κ3) is 4.38. The lowest BCUT2D eigenvalue weighted by Gasteiger charge is -2.10. The van der Waals surface area contributed by atoms with Crippen LogP contribution in [0.4, 0.5) is 0 Å². The Morgan fingerprint density at radius 2 is 2.27 bits per heavy atom. The molecule has 1 saturated carbocycles. The SMILES string of the molecule is CCCOCC(N)CC1CC1. The van der Waals surface area contributed by atoms with Gasteiger partial charge in [0.25, 0.3) is 0 Å². The lowest BCUT2D eigenvalue weighted by molar-refractivity contribution is 0.118. The number of hydrogen-bond donors (Lipinski definition) is 1. The highest BCUT2D eigenvalue weighted by Gasteiger charge is 2.23. The normalized spacial score (nSPS) is 20.2. The molecule has 1 fully saturated rings. The molecule has 2 heteroatoms. The summed E-state index contributed by atoms with van der Waals surface area (Å²) in [5, 5.41) is 0. The first-order valence-corrected chi connectivity index (χ1v) is 4.66. The minimum Gasteiger partial charge on any atom is -0.380 e. The van der Waals surface area contributed by atoms with Gasteiger partial charge >= 0.3 is 0 Å². The fourth-order valence-electron chi connectivity index (χ4n) is 1.23. The molecule has 1 aliphatic rings. The van der Waals surface area contributed by atoms with Crippen LogP contribution in [0.15, 0.2) is 0 Å². The molecule has 0 radical (unpaired) electrons. The van der Waals surface area contributed by atoms with Gasteiger partial charge in [0.1, 0.15) is 0 Å². The number of nitrogens with two attached hydrogens (primary N) is 1. The Morgan fingerprint density at radius 3 is 2.82 bits per heavy atom. The summed E-state index contributed by atoms with van der Waals surface area (Å²) in [7, 11) is 0. The van der Waals surface area contributed by atoms with E-state index in [4.69, 9.17) is 10.5 Å². The zero-order valence-electron chi connectivity index (χ0n) is 7.38. The van der Waals surface area contributed by atoms with Crippen molar-refractivity contribution in [2.45, 2.75) is 38.6 Å². The molecule has 0 amide bonds. The van der Waals surface area contributed by atoms with Crippen LogP contribution in [0.5, 0.6) is 0 Å². The predicted molar refractivity (Wildman–Crippen MR) is 46.4 cm³/mol. The second-order valence-corrected chi connectivity index (χ2v) is 3.51. The maximum Gasteiger partial charge on any atom is 0.0617 e. The van der Waals surface area contributed by atoms with Crippen LogP contribution in [0.25, 0.3) is 0 Å². The second kappa shape index (κ2) is 4.73. The minimum absolute atomic E-state index is 0.286. The van der Waals surface area contributed by atoms with E-state index in [0.29, 0.717) is 0 Å². The Labute approximate surface area is 69.1 Å². The lowest BCUT2D eigenvalue weighted by atomic mass is 10.2. The summed E-state index contributed by atoms with van der Waals surface area (Å²) < 4.78 is 5.35. The Morgan fingerprint density at radius 1 is 1.55 bits per heavy atom. The molecule has 0 aromatic heterocycles. The van der Waals surface area contributed by atoms with Crippen molar-refractivity contribution in [1.82, 2.24) is 0 Å². The first kappa shape index (κ1) is 9.01. The zero-order valence-corrected chi connectivity index (χ0v) is 7.38. The van der Waals surface area contributed by atoms with Gasteiger partial charge in [0.15, 0.2) is 0 Å². The van der Waals surface area contributed by atoms with Gasteiger partial charge in [-0.1, -0.05) is 19.8 Å². The van der Waals surface area contributed by atoms with Crippen molar-refractivity contribution in [3.8, 4) is 0 Å². The van der Waals surface area contributed by atoms with Crippen molar-refractivity contribution in [3.05, 3.63) is 0 Å². The van der Waals surface area contributed by atoms with Crippen LogP contribution in [-0.4, -0.2) is 19.3 Å². The fraction of sp³-hybridized carbons (Fsp3) is 1.00. The van der Waals surface area contributed by atoms with E-state index in [-0.39, 0.29) is 6.04 Å². The minimum atomic E-state index is 0.286. The van der Waals surface area contributed by atoms with Crippen molar-refractivity contribution in [2.75, 3.05) is 13.2 Å². The van der Waals surface area contributed by atoms with Crippen molar-refractivity contribution >= 4 is 0 Å². The summed E-state index contributed by atoms with van der Waals surface area (Å²) in [5.74, 6) is 0.926. The van der Waals surface area contributed by atoms with E-state index in [1.54, 1.807) is 0 Å². The van der Waals surface area contributed by atoms with Gasteiger partial charge in [-0.2, -0.15) is 0 Å². The van der Waals surface area contributed by atoms with Gasteiger partial charge in [-0.3, -0.25) is 0 Å². The maximum absolute atomic E-state index is 5.83. The quantitative estimate of drug-likeness (QED) is 0.594. The molecular formula is C9H19NO. The average molecular weight is 157 g/mol. The molecule has 1 atom stereocenters. The van der Waals surface area contributed by atoms with E-state index < -0.39 is 0 Å². The van der Waals surface area contributed by atoms with Gasteiger partial charge in [0.05, 0.1) is 6.61 Å². The van der Waals surface area contributed by atoms with Gasteiger partial charge in [-0.25, -0.2) is 0 Å². The molecule has 0 saturated heterocycles. The molecule has 11 heavy (non-hydrogen) atoms. The molecule has 2 N–H and O–H groups in total. The molecule has 0 spiro atoms. The molecule has 0 aromatic carbocycles. The lowest BCUT2D eigenvalue weighted by Crippen LogP contribution is -2.26. The van der Waals surface area contributed by atoms with Gasteiger partial charge < -0.3 is 10.5 Å². The molecule has 1 rings (SSSR count). The topological polar surface area (TPSA) is 35.2 Å². The van der Waals surface area contributed by atoms with Crippen LogP contribution in [0, 0.1) is 5.92 Å². The second-order valence-electron chi connectivity index (χ2n) is 3.51. The van der Waals surface area contributed by atoms with E-state index in [2.05, 4.69) is 6.92 Å². The van der Waals surface area contributed by atoms with Gasteiger partial charge in [0, 0.05) is 12.6 Å². The average Bonchev–Trinajstić information content (AvgIpc) is 2.72. The Balaban J connectivity index is 1.87. The molecule has 66 valence electrons. The molecule has 1 aliphatic carbocycles. The highest BCUT2D eigenvalue weighted by atomic mass is 16.5. The van der Waals surface area contributed by atoms with E-state index >= 15 is 0 Å². The largest absolute Gasteiger partial charge is 0.380 e. The molecular weight excluding hydrogens is 138 g/mol. The highest BCUT2D eigenvalue weighted by molar-refractivity contribution is 4.78. The fourth-order valence-corrected chi connectivity index (χ4v) is 1.23. The van der Waals surface area contributed by atoms with Crippen LogP contribution < -0.4 is 5.73 Å². The molecule has 2 nitrogen and oxygen atoms in total. The standard InChI is InChI=1S/C9H19NO/c1-2-5-11-7-9(10)6-8-3-4-8/h8-9H,2-7,10H2,1H3. The van der Waals surface area contributed by atoms with Crippen LogP contribution in [0.2, 0.25) is 0 Å². The smallest absolute Gasteiger partial charge is 0.0617 e. The van der Waals surface area contributed by atoms with Crippen molar-refractivity contribution in [1.29, 1.82) is 0 Å². The third-order valence-corrected chi connectivity index (χ3v) is 2.01. The van der Waals surface area contributed by atoms with Crippen LogP contribution in [0.3, 0.4) is 0 Å². The molecule has 0 aliphatic heterocycles. The first-order chi connectivity index (χ1) is 5.33. The Hall–Kier alpha value is -0.0800. The van der Waals surface area contributed by atoms with Gasteiger partial charge in [-0.15, -0.1) is 0 Å². The van der Waals surface area contributed by atoms with E-state index in [9.17, 15) is 0 Å². The van der Waals surface area contributed by atoms with Gasteiger partial charge in [-0.05, 0) is 18.8 Å². The van der Waals surface area contributed by atoms with Crippen LogP contribution in [-0.2, 0) is 4.74 Å². The monoisotopic (exact) mass is 157 g/mol. The van der Waals surface area contributed by atoms with Gasteiger partial charge in [0.2, 0.25) is 0 Å². The number of rotatable bonds is 6. The molecule has 1 unspecified atom stereocenters. The predicted octanol–water partition coefficient (Wildman–Crippen LogP) is 1.54. The summed E-state index contributed by atoms with van der Waals surface area (Å²) >= 11 is 0. The number of ether oxygens (including phenoxy) is 1. The van der Waals surface area contributed by atoms with Crippen LogP contribution >= 0.6 is 0 Å². The zero-order chi connectivity index (χ0) is 8.10. The maximum atomic E-state index is 5.83. The highest BCUT2D eigenvalue weighted by Crippen LogP contribution is 2.33. The van der Waals surface area contributed by atoms with Crippen molar-refractivity contribution < 1.29 is 4.74 Å². The van der Waals surface area contributed by atoms with Crippen LogP contribution in [0.1, 0.15) is 32.6 Å². The summed E-state index contributed by atoms with van der Waals surface area (Å²) in [5.41, 5.74) is 5.83. The van der Waals surface area contributed by atoms with Crippen molar-refractivity contribution in [2.24, 2.45) is 11.7 Å².